The van der Waals surface area contributed by atoms with Crippen molar-refractivity contribution >= 4 is 22.4 Å². The molecule has 0 fully saturated rings. The molecule has 2 aromatic heterocycles. The minimum Gasteiger partial charge on any atom is -0.296 e. The Morgan fingerprint density at radius 3 is 3.00 bits per heavy atom. The third-order valence-electron chi connectivity index (χ3n) is 3.42. The van der Waals surface area contributed by atoms with Crippen molar-refractivity contribution in [1.29, 1.82) is 0 Å². The van der Waals surface area contributed by atoms with E-state index in [2.05, 4.69) is 27.2 Å². The predicted molar refractivity (Wildman–Crippen MR) is 78.0 cm³/mol. The van der Waals surface area contributed by atoms with Gasteiger partial charge in [0.2, 0.25) is 0 Å². The summed E-state index contributed by atoms with van der Waals surface area (Å²) in [4.78, 5) is 26.0. The van der Waals surface area contributed by atoms with E-state index in [0.29, 0.717) is 16.7 Å². The van der Waals surface area contributed by atoms with Gasteiger partial charge in [0, 0.05) is 11.1 Å². The number of fused-ring (bicyclic) bond motifs is 1. The maximum Gasteiger partial charge on any atom is 0.277 e. The number of thiazole rings is 1. The van der Waals surface area contributed by atoms with Crippen molar-refractivity contribution in [2.45, 2.75) is 33.1 Å². The first-order valence-electron chi connectivity index (χ1n) is 6.70. The van der Waals surface area contributed by atoms with Crippen molar-refractivity contribution in [3.05, 3.63) is 34.4 Å². The van der Waals surface area contributed by atoms with Gasteiger partial charge in [0.05, 0.1) is 17.6 Å². The normalized spacial score (nSPS) is 17.6. The second kappa shape index (κ2) is 5.28. The Morgan fingerprint density at radius 2 is 2.25 bits per heavy atom. The Morgan fingerprint density at radius 1 is 1.40 bits per heavy atom. The Kier molecular flexibility index (Phi) is 3.48. The van der Waals surface area contributed by atoms with Crippen molar-refractivity contribution in [3.8, 4) is 0 Å². The average Bonchev–Trinajstić information content (AvgIpc) is 2.80. The molecule has 5 nitrogen and oxygen atoms in total. The molecule has 1 N–H and O–H groups in total. The van der Waals surface area contributed by atoms with Crippen molar-refractivity contribution in [2.75, 3.05) is 5.32 Å². The number of aryl methyl sites for hydroxylation is 2. The number of nitrogens with zero attached hydrogens (tertiary/aromatic N) is 3. The minimum absolute atomic E-state index is 0.253. The van der Waals surface area contributed by atoms with Crippen LogP contribution >= 0.6 is 11.3 Å². The van der Waals surface area contributed by atoms with E-state index in [-0.39, 0.29) is 5.91 Å². The second-order valence-corrected chi connectivity index (χ2v) is 6.32. The van der Waals surface area contributed by atoms with Crippen LogP contribution in [0.25, 0.3) is 0 Å². The highest BCUT2D eigenvalue weighted by Crippen LogP contribution is 2.32. The number of anilines is 1. The van der Waals surface area contributed by atoms with E-state index in [1.165, 1.54) is 17.5 Å². The SMILES string of the molecule is Cc1cnc(C(=O)Nc2nc3c(s2)C[C@@H](C)CC3)cn1. The van der Waals surface area contributed by atoms with Crippen molar-refractivity contribution in [2.24, 2.45) is 5.92 Å². The van der Waals surface area contributed by atoms with Crippen LogP contribution in [0.2, 0.25) is 0 Å². The molecule has 3 rings (SSSR count). The van der Waals surface area contributed by atoms with Gasteiger partial charge in [0.1, 0.15) is 5.69 Å². The van der Waals surface area contributed by atoms with Gasteiger partial charge < -0.3 is 0 Å². The maximum absolute atomic E-state index is 12.1. The summed E-state index contributed by atoms with van der Waals surface area (Å²) >= 11 is 1.57. The highest BCUT2D eigenvalue weighted by Gasteiger charge is 2.20. The molecular weight excluding hydrogens is 272 g/mol. The molecule has 1 amide bonds. The molecule has 0 unspecified atom stereocenters. The predicted octanol–water partition coefficient (Wildman–Crippen LogP) is 2.62. The zero-order valence-electron chi connectivity index (χ0n) is 11.5. The summed E-state index contributed by atoms with van der Waals surface area (Å²) < 4.78 is 0. The Balaban J connectivity index is 1.75. The summed E-state index contributed by atoms with van der Waals surface area (Å²) in [7, 11) is 0. The smallest absolute Gasteiger partial charge is 0.277 e. The van der Waals surface area contributed by atoms with Gasteiger partial charge in [0.15, 0.2) is 5.13 Å². The van der Waals surface area contributed by atoms with Crippen LogP contribution in [-0.4, -0.2) is 20.9 Å². The van der Waals surface area contributed by atoms with Crippen LogP contribution in [0, 0.1) is 12.8 Å². The molecule has 6 heteroatoms. The molecule has 0 radical (unpaired) electrons. The fourth-order valence-corrected chi connectivity index (χ4v) is 3.43. The zero-order chi connectivity index (χ0) is 14.1. The van der Waals surface area contributed by atoms with Crippen molar-refractivity contribution < 1.29 is 4.79 Å². The lowest BCUT2D eigenvalue weighted by atomic mass is 9.93. The monoisotopic (exact) mass is 288 g/mol. The van der Waals surface area contributed by atoms with Crippen LogP contribution in [0.4, 0.5) is 5.13 Å². The molecule has 1 aliphatic carbocycles. The van der Waals surface area contributed by atoms with Crippen LogP contribution in [0.5, 0.6) is 0 Å². The van der Waals surface area contributed by atoms with E-state index in [1.54, 1.807) is 17.5 Å². The van der Waals surface area contributed by atoms with Crippen LogP contribution in [-0.2, 0) is 12.8 Å². The van der Waals surface area contributed by atoms with E-state index in [0.717, 1.165) is 24.2 Å². The van der Waals surface area contributed by atoms with E-state index in [1.807, 2.05) is 6.92 Å². The molecule has 0 bridgehead atoms. The van der Waals surface area contributed by atoms with Gasteiger partial charge >= 0.3 is 0 Å². The summed E-state index contributed by atoms with van der Waals surface area (Å²) in [5, 5.41) is 3.48. The van der Waals surface area contributed by atoms with Gasteiger partial charge in [-0.15, -0.1) is 11.3 Å². The fraction of sp³-hybridized carbons (Fsp3) is 0.429. The van der Waals surface area contributed by atoms with E-state index in [9.17, 15) is 4.79 Å². The molecule has 2 heterocycles. The Bertz CT molecular complexity index is 635. The highest BCUT2D eigenvalue weighted by molar-refractivity contribution is 7.15. The number of carbonyl (C=O) groups excluding carboxylic acids is 1. The number of rotatable bonds is 2. The number of aromatic nitrogens is 3. The standard InChI is InChI=1S/C14H16N4OS/c1-8-3-4-10-12(5-8)20-14(17-10)18-13(19)11-7-15-9(2)6-16-11/h6-8H,3-5H2,1-2H3,(H,17,18,19)/t8-/m0/s1. The molecule has 2 aromatic rings. The Hall–Kier alpha value is -1.82. The molecule has 0 aliphatic heterocycles. The molecular formula is C14H16N4OS. The Labute approximate surface area is 121 Å². The lowest BCUT2D eigenvalue weighted by molar-refractivity contribution is 0.102. The lowest BCUT2D eigenvalue weighted by Gasteiger charge is -2.15. The summed E-state index contributed by atoms with van der Waals surface area (Å²) in [6, 6.07) is 0. The maximum atomic E-state index is 12.1. The largest absolute Gasteiger partial charge is 0.296 e. The van der Waals surface area contributed by atoms with E-state index < -0.39 is 0 Å². The zero-order valence-corrected chi connectivity index (χ0v) is 12.3. The topological polar surface area (TPSA) is 67.8 Å². The van der Waals surface area contributed by atoms with Crippen LogP contribution in [0.3, 0.4) is 0 Å². The third kappa shape index (κ3) is 2.70. The van der Waals surface area contributed by atoms with Gasteiger partial charge in [0.25, 0.3) is 5.91 Å². The number of hydrogen-bond donors (Lipinski definition) is 1. The summed E-state index contributed by atoms with van der Waals surface area (Å²) in [5.74, 6) is 0.450. The summed E-state index contributed by atoms with van der Waals surface area (Å²) in [6.07, 6.45) is 6.32. The molecule has 1 atom stereocenters. The van der Waals surface area contributed by atoms with Crippen molar-refractivity contribution in [3.63, 3.8) is 0 Å². The van der Waals surface area contributed by atoms with E-state index in [4.69, 9.17) is 0 Å². The molecule has 0 aromatic carbocycles. The number of amides is 1. The van der Waals surface area contributed by atoms with Gasteiger partial charge in [-0.3, -0.25) is 15.1 Å². The third-order valence-corrected chi connectivity index (χ3v) is 4.46. The number of hydrogen-bond acceptors (Lipinski definition) is 5. The summed E-state index contributed by atoms with van der Waals surface area (Å²) in [6.45, 7) is 4.09. The quantitative estimate of drug-likeness (QED) is 0.922. The van der Waals surface area contributed by atoms with Crippen LogP contribution in [0.1, 0.15) is 40.1 Å². The molecule has 104 valence electrons. The highest BCUT2D eigenvalue weighted by atomic mass is 32.1. The average molecular weight is 288 g/mol. The van der Waals surface area contributed by atoms with Crippen LogP contribution in [0.15, 0.2) is 12.4 Å². The number of carbonyl (C=O) groups is 1. The van der Waals surface area contributed by atoms with Gasteiger partial charge in [-0.05, 0) is 32.1 Å². The molecule has 0 spiro atoms. The van der Waals surface area contributed by atoms with Gasteiger partial charge in [-0.25, -0.2) is 9.97 Å². The van der Waals surface area contributed by atoms with Gasteiger partial charge in [-0.2, -0.15) is 0 Å². The molecule has 0 saturated carbocycles. The molecule has 1 aliphatic rings. The summed E-state index contributed by atoms with van der Waals surface area (Å²) in [5.41, 5.74) is 2.25. The number of nitrogens with one attached hydrogen (secondary N) is 1. The first-order chi connectivity index (χ1) is 9.61. The molecule has 0 saturated heterocycles. The van der Waals surface area contributed by atoms with Crippen LogP contribution < -0.4 is 5.32 Å². The van der Waals surface area contributed by atoms with Crippen molar-refractivity contribution in [1.82, 2.24) is 15.0 Å². The first kappa shape index (κ1) is 13.2. The van der Waals surface area contributed by atoms with E-state index >= 15 is 0 Å². The fourth-order valence-electron chi connectivity index (χ4n) is 2.26. The lowest BCUT2D eigenvalue weighted by Crippen LogP contribution is -2.14. The molecule has 20 heavy (non-hydrogen) atoms. The van der Waals surface area contributed by atoms with Gasteiger partial charge in [-0.1, -0.05) is 6.92 Å². The minimum atomic E-state index is -0.253. The second-order valence-electron chi connectivity index (χ2n) is 5.23. The first-order valence-corrected chi connectivity index (χ1v) is 7.52.